The number of amides is 1. The molecular weight excluding hydrogens is 378 g/mol. The van der Waals surface area contributed by atoms with Gasteiger partial charge >= 0.3 is 0 Å². The lowest BCUT2D eigenvalue weighted by Crippen LogP contribution is -2.43. The molecule has 0 spiro atoms. The smallest absolute Gasteiger partial charge is 0.262 e. The van der Waals surface area contributed by atoms with Gasteiger partial charge in [-0.05, 0) is 42.0 Å². The van der Waals surface area contributed by atoms with Crippen LogP contribution in [0.2, 0.25) is 0 Å². The average molecular weight is 396 g/mol. The van der Waals surface area contributed by atoms with Gasteiger partial charge in [-0.2, -0.15) is 0 Å². The van der Waals surface area contributed by atoms with Crippen molar-refractivity contribution in [2.75, 3.05) is 24.4 Å². The monoisotopic (exact) mass is 396 g/mol. The second-order valence-corrected chi connectivity index (χ2v) is 6.48. The van der Waals surface area contributed by atoms with Crippen LogP contribution in [0.25, 0.3) is 0 Å². The van der Waals surface area contributed by atoms with Gasteiger partial charge in [0.25, 0.3) is 5.91 Å². The number of hydrogen-bond acceptors (Lipinski definition) is 4. The zero-order valence-corrected chi connectivity index (χ0v) is 15.8. The van der Waals surface area contributed by atoms with Crippen molar-refractivity contribution < 1.29 is 23.0 Å². The number of nitrogens with one attached hydrogen (secondary N) is 1. The lowest BCUT2D eigenvalue weighted by atomic mass is 10.0. The summed E-state index contributed by atoms with van der Waals surface area (Å²) in [5.74, 6) is -1.26. The zero-order chi connectivity index (χ0) is 20.5. The lowest BCUT2D eigenvalue weighted by molar-refractivity contribution is 0.0974. The molecule has 7 heteroatoms. The fraction of sp³-hybridized carbons (Fsp3) is 0.136. The fourth-order valence-electron chi connectivity index (χ4n) is 3.40. The molecule has 0 unspecified atom stereocenters. The predicted octanol–water partition coefficient (Wildman–Crippen LogP) is 4.75. The second kappa shape index (κ2) is 7.43. The largest absolute Gasteiger partial charge is 0.497 e. The Morgan fingerprint density at radius 1 is 0.931 bits per heavy atom. The van der Waals surface area contributed by atoms with E-state index in [9.17, 15) is 13.6 Å². The van der Waals surface area contributed by atoms with E-state index in [-0.39, 0.29) is 5.91 Å². The quantitative estimate of drug-likeness (QED) is 0.691. The molecule has 0 saturated carbocycles. The highest BCUT2D eigenvalue weighted by Gasteiger charge is 2.36. The van der Waals surface area contributed by atoms with Gasteiger partial charge in [-0.25, -0.2) is 8.78 Å². The van der Waals surface area contributed by atoms with Gasteiger partial charge in [0.15, 0.2) is 11.6 Å². The Labute approximate surface area is 166 Å². The molecule has 3 aromatic carbocycles. The number of ether oxygens (including phenoxy) is 2. The molecule has 0 saturated heterocycles. The Bertz CT molecular complexity index is 1090. The third-order valence-electron chi connectivity index (χ3n) is 4.83. The third-order valence-corrected chi connectivity index (χ3v) is 4.83. The molecule has 29 heavy (non-hydrogen) atoms. The highest BCUT2D eigenvalue weighted by atomic mass is 19.2. The normalized spacial score (nSPS) is 15.5. The van der Waals surface area contributed by atoms with Gasteiger partial charge < -0.3 is 14.8 Å². The zero-order valence-electron chi connectivity index (χ0n) is 15.8. The van der Waals surface area contributed by atoms with Crippen LogP contribution in [0.1, 0.15) is 22.1 Å². The number of carbonyl (C=O) groups is 1. The van der Waals surface area contributed by atoms with Gasteiger partial charge in [0.2, 0.25) is 0 Å². The molecule has 4 rings (SSSR count). The van der Waals surface area contributed by atoms with Crippen LogP contribution in [0.3, 0.4) is 0 Å². The first-order valence-electron chi connectivity index (χ1n) is 8.89. The second-order valence-electron chi connectivity index (χ2n) is 6.48. The maximum absolute atomic E-state index is 14.0. The number of methoxy groups -OCH3 is 2. The Kier molecular flexibility index (Phi) is 4.80. The van der Waals surface area contributed by atoms with E-state index in [1.165, 1.54) is 25.2 Å². The van der Waals surface area contributed by atoms with Gasteiger partial charge in [-0.15, -0.1) is 0 Å². The summed E-state index contributed by atoms with van der Waals surface area (Å²) in [6.45, 7) is 0. The number of carbonyl (C=O) groups excluding carboxylic acids is 1. The number of benzene rings is 3. The number of fused-ring (bicyclic) bond motifs is 1. The van der Waals surface area contributed by atoms with Crippen LogP contribution < -0.4 is 19.7 Å². The summed E-state index contributed by atoms with van der Waals surface area (Å²) in [5, 5.41) is 3.25. The van der Waals surface area contributed by atoms with Crippen molar-refractivity contribution >= 4 is 17.3 Å². The first-order chi connectivity index (χ1) is 14.0. The van der Waals surface area contributed by atoms with Crippen molar-refractivity contribution in [2.45, 2.75) is 6.17 Å². The highest BCUT2D eigenvalue weighted by molar-refractivity contribution is 6.12. The van der Waals surface area contributed by atoms with Crippen molar-refractivity contribution in [1.82, 2.24) is 0 Å². The van der Waals surface area contributed by atoms with Crippen molar-refractivity contribution in [3.8, 4) is 11.5 Å². The summed E-state index contributed by atoms with van der Waals surface area (Å²) >= 11 is 0. The van der Waals surface area contributed by atoms with Crippen molar-refractivity contribution in [3.63, 3.8) is 0 Å². The predicted molar refractivity (Wildman–Crippen MR) is 106 cm³/mol. The van der Waals surface area contributed by atoms with E-state index in [4.69, 9.17) is 9.47 Å². The first kappa shape index (κ1) is 18.7. The van der Waals surface area contributed by atoms with E-state index in [0.29, 0.717) is 34.0 Å². The minimum Gasteiger partial charge on any atom is -0.497 e. The Balaban J connectivity index is 1.90. The molecule has 3 aromatic rings. The molecule has 0 fully saturated rings. The third kappa shape index (κ3) is 3.24. The number of halogens is 2. The summed E-state index contributed by atoms with van der Waals surface area (Å²) in [6.07, 6.45) is -0.769. The molecule has 0 radical (unpaired) electrons. The highest BCUT2D eigenvalue weighted by Crippen LogP contribution is 2.41. The van der Waals surface area contributed by atoms with E-state index in [1.807, 2.05) is 0 Å². The summed E-state index contributed by atoms with van der Waals surface area (Å²) in [5.41, 5.74) is 1.93. The van der Waals surface area contributed by atoms with Gasteiger partial charge in [0.1, 0.15) is 17.7 Å². The van der Waals surface area contributed by atoms with Gasteiger partial charge in [0.05, 0.1) is 25.5 Å². The van der Waals surface area contributed by atoms with Crippen LogP contribution in [0, 0.1) is 11.6 Å². The molecule has 148 valence electrons. The van der Waals surface area contributed by atoms with Crippen LogP contribution in [0.4, 0.5) is 20.2 Å². The van der Waals surface area contributed by atoms with Crippen LogP contribution >= 0.6 is 0 Å². The molecule has 0 aromatic heterocycles. The van der Waals surface area contributed by atoms with E-state index in [1.54, 1.807) is 42.5 Å². The number of hydrogen-bond donors (Lipinski definition) is 1. The Hall–Kier alpha value is -3.61. The van der Waals surface area contributed by atoms with Gasteiger partial charge in [0, 0.05) is 11.8 Å². The number of para-hydroxylation sites is 1. The molecule has 1 aliphatic rings. The first-order valence-corrected chi connectivity index (χ1v) is 8.89. The van der Waals surface area contributed by atoms with Crippen LogP contribution in [0.5, 0.6) is 11.5 Å². The van der Waals surface area contributed by atoms with Gasteiger partial charge in [-0.3, -0.25) is 9.69 Å². The molecule has 1 N–H and O–H groups in total. The molecule has 1 aliphatic heterocycles. The van der Waals surface area contributed by atoms with E-state index >= 15 is 0 Å². The molecule has 1 amide bonds. The summed E-state index contributed by atoms with van der Waals surface area (Å²) in [6, 6.07) is 15.7. The molecule has 1 atom stereocenters. The van der Waals surface area contributed by atoms with Gasteiger partial charge in [-0.1, -0.05) is 18.2 Å². The van der Waals surface area contributed by atoms with Crippen molar-refractivity contribution in [2.24, 2.45) is 0 Å². The number of anilines is 2. The SMILES string of the molecule is COc1ccc(N2C(=O)c3ccccc3N[C@@H]2c2ccc(F)c(F)c2)c(OC)c1. The minimum atomic E-state index is -0.989. The summed E-state index contributed by atoms with van der Waals surface area (Å²) in [7, 11) is 3.02. The standard InChI is InChI=1S/C22H18F2N2O3/c1-28-14-8-10-19(20(12-14)29-2)26-21(13-7-9-16(23)17(24)11-13)25-18-6-4-3-5-15(18)22(26)27/h3-12,21,25H,1-2H3/t21-/m0/s1. The van der Waals surface area contributed by atoms with E-state index in [2.05, 4.69) is 5.32 Å². The molecular formula is C22H18F2N2O3. The minimum absolute atomic E-state index is 0.294. The van der Waals surface area contributed by atoms with Crippen LogP contribution in [0.15, 0.2) is 60.7 Å². The average Bonchev–Trinajstić information content (AvgIpc) is 2.75. The van der Waals surface area contributed by atoms with E-state index < -0.39 is 17.8 Å². The maximum Gasteiger partial charge on any atom is 0.262 e. The summed E-state index contributed by atoms with van der Waals surface area (Å²) < 4.78 is 38.1. The number of rotatable bonds is 4. The maximum atomic E-state index is 14.0. The molecule has 0 bridgehead atoms. The molecule has 5 nitrogen and oxygen atoms in total. The fourth-order valence-corrected chi connectivity index (χ4v) is 3.40. The van der Waals surface area contributed by atoms with Crippen LogP contribution in [-0.2, 0) is 0 Å². The van der Waals surface area contributed by atoms with Crippen LogP contribution in [-0.4, -0.2) is 20.1 Å². The Morgan fingerprint density at radius 2 is 1.72 bits per heavy atom. The van der Waals surface area contributed by atoms with E-state index in [0.717, 1.165) is 12.1 Å². The van der Waals surface area contributed by atoms with Crippen molar-refractivity contribution in [3.05, 3.63) is 83.4 Å². The number of nitrogens with zero attached hydrogens (tertiary/aromatic N) is 1. The molecule has 0 aliphatic carbocycles. The Morgan fingerprint density at radius 3 is 2.45 bits per heavy atom. The van der Waals surface area contributed by atoms with Crippen molar-refractivity contribution in [1.29, 1.82) is 0 Å². The lowest BCUT2D eigenvalue weighted by Gasteiger charge is -2.38. The summed E-state index contributed by atoms with van der Waals surface area (Å²) in [4.78, 5) is 14.9. The topological polar surface area (TPSA) is 50.8 Å². The molecule has 1 heterocycles.